The van der Waals surface area contributed by atoms with Crippen molar-refractivity contribution in [1.82, 2.24) is 10.2 Å². The first kappa shape index (κ1) is 18.1. The van der Waals surface area contributed by atoms with E-state index in [0.717, 1.165) is 51.1 Å². The maximum Gasteiger partial charge on any atom is 0.0802 e. The SMILES string of the molecule is CCCc1ccc(C(O)CCNCCN(CC)CC)cc1. The highest BCUT2D eigenvalue weighted by atomic mass is 16.3. The first-order chi connectivity index (χ1) is 10.2. The molecule has 0 radical (unpaired) electrons. The Morgan fingerprint density at radius 3 is 2.29 bits per heavy atom. The molecule has 0 amide bonds. The predicted molar refractivity (Wildman–Crippen MR) is 90.7 cm³/mol. The molecule has 0 saturated carbocycles. The molecular formula is C18H32N2O. The van der Waals surface area contributed by atoms with Gasteiger partial charge >= 0.3 is 0 Å². The highest BCUT2D eigenvalue weighted by molar-refractivity contribution is 5.24. The number of benzene rings is 1. The highest BCUT2D eigenvalue weighted by Crippen LogP contribution is 2.17. The summed E-state index contributed by atoms with van der Waals surface area (Å²) in [5, 5.41) is 13.6. The second-order valence-electron chi connectivity index (χ2n) is 5.57. The third kappa shape index (κ3) is 7.07. The maximum absolute atomic E-state index is 10.2. The topological polar surface area (TPSA) is 35.5 Å². The van der Waals surface area contributed by atoms with E-state index < -0.39 is 0 Å². The fraction of sp³-hybridized carbons (Fsp3) is 0.667. The van der Waals surface area contributed by atoms with Crippen LogP contribution in [0.3, 0.4) is 0 Å². The van der Waals surface area contributed by atoms with Gasteiger partial charge in [-0.2, -0.15) is 0 Å². The van der Waals surface area contributed by atoms with Crippen molar-refractivity contribution < 1.29 is 5.11 Å². The van der Waals surface area contributed by atoms with Crippen molar-refractivity contribution in [3.05, 3.63) is 35.4 Å². The minimum atomic E-state index is -0.360. The molecule has 120 valence electrons. The third-order valence-electron chi connectivity index (χ3n) is 4.00. The van der Waals surface area contributed by atoms with Gasteiger partial charge in [0.05, 0.1) is 6.10 Å². The number of aryl methyl sites for hydroxylation is 1. The van der Waals surface area contributed by atoms with Crippen molar-refractivity contribution in [3.63, 3.8) is 0 Å². The zero-order valence-electron chi connectivity index (χ0n) is 13.9. The zero-order chi connectivity index (χ0) is 15.5. The summed E-state index contributed by atoms with van der Waals surface area (Å²) in [4.78, 5) is 2.40. The summed E-state index contributed by atoms with van der Waals surface area (Å²) in [6, 6.07) is 8.39. The van der Waals surface area contributed by atoms with E-state index in [9.17, 15) is 5.11 Å². The van der Waals surface area contributed by atoms with Gasteiger partial charge in [-0.15, -0.1) is 0 Å². The molecule has 21 heavy (non-hydrogen) atoms. The average Bonchev–Trinajstić information content (AvgIpc) is 2.52. The van der Waals surface area contributed by atoms with Gasteiger partial charge in [0.25, 0.3) is 0 Å². The van der Waals surface area contributed by atoms with Gasteiger partial charge in [-0.25, -0.2) is 0 Å². The van der Waals surface area contributed by atoms with Crippen LogP contribution in [0.15, 0.2) is 24.3 Å². The van der Waals surface area contributed by atoms with E-state index in [0.29, 0.717) is 0 Å². The fourth-order valence-electron chi connectivity index (χ4n) is 2.50. The molecule has 3 heteroatoms. The molecule has 3 nitrogen and oxygen atoms in total. The second kappa shape index (κ2) is 10.8. The van der Waals surface area contributed by atoms with Gasteiger partial charge in [-0.1, -0.05) is 51.5 Å². The van der Waals surface area contributed by atoms with Crippen LogP contribution >= 0.6 is 0 Å². The lowest BCUT2D eigenvalue weighted by Crippen LogP contribution is -2.32. The van der Waals surface area contributed by atoms with Crippen LogP contribution < -0.4 is 5.32 Å². The Bertz CT molecular complexity index is 360. The molecule has 1 unspecified atom stereocenters. The number of hydrogen-bond acceptors (Lipinski definition) is 3. The molecule has 0 spiro atoms. The molecule has 0 heterocycles. The summed E-state index contributed by atoms with van der Waals surface area (Å²) in [5.74, 6) is 0. The van der Waals surface area contributed by atoms with Crippen LogP contribution in [0.25, 0.3) is 0 Å². The van der Waals surface area contributed by atoms with Crippen molar-refractivity contribution in [2.24, 2.45) is 0 Å². The highest BCUT2D eigenvalue weighted by Gasteiger charge is 2.07. The number of nitrogens with zero attached hydrogens (tertiary/aromatic N) is 1. The maximum atomic E-state index is 10.2. The lowest BCUT2D eigenvalue weighted by Gasteiger charge is -2.18. The summed E-state index contributed by atoms with van der Waals surface area (Å²) in [5.41, 5.74) is 2.38. The zero-order valence-corrected chi connectivity index (χ0v) is 13.9. The average molecular weight is 292 g/mol. The molecule has 0 aliphatic carbocycles. The van der Waals surface area contributed by atoms with Crippen LogP contribution in [-0.4, -0.2) is 42.7 Å². The normalized spacial score (nSPS) is 12.8. The molecule has 0 aliphatic heterocycles. The molecular weight excluding hydrogens is 260 g/mol. The van der Waals surface area contributed by atoms with E-state index in [1.807, 2.05) is 0 Å². The van der Waals surface area contributed by atoms with E-state index >= 15 is 0 Å². The van der Waals surface area contributed by atoms with Crippen LogP contribution in [0.4, 0.5) is 0 Å². The summed E-state index contributed by atoms with van der Waals surface area (Å²) in [6.45, 7) is 11.7. The fourth-order valence-corrected chi connectivity index (χ4v) is 2.50. The molecule has 0 aliphatic rings. The Morgan fingerprint density at radius 2 is 1.71 bits per heavy atom. The molecule has 0 bridgehead atoms. The van der Waals surface area contributed by atoms with E-state index in [1.165, 1.54) is 12.0 Å². The van der Waals surface area contributed by atoms with Gasteiger partial charge in [0.2, 0.25) is 0 Å². The number of aliphatic hydroxyl groups excluding tert-OH is 1. The quantitative estimate of drug-likeness (QED) is 0.616. The van der Waals surface area contributed by atoms with Gasteiger partial charge in [-0.05, 0) is 43.6 Å². The summed E-state index contributed by atoms with van der Waals surface area (Å²) in [6.07, 6.45) is 2.69. The van der Waals surface area contributed by atoms with Crippen LogP contribution in [0.2, 0.25) is 0 Å². The monoisotopic (exact) mass is 292 g/mol. The Balaban J connectivity index is 2.22. The molecule has 0 saturated heterocycles. The number of nitrogens with one attached hydrogen (secondary N) is 1. The van der Waals surface area contributed by atoms with Crippen molar-refractivity contribution in [1.29, 1.82) is 0 Å². The first-order valence-electron chi connectivity index (χ1n) is 8.41. The number of rotatable bonds is 11. The third-order valence-corrected chi connectivity index (χ3v) is 4.00. The first-order valence-corrected chi connectivity index (χ1v) is 8.41. The minimum Gasteiger partial charge on any atom is -0.388 e. The summed E-state index contributed by atoms with van der Waals surface area (Å²) in [7, 11) is 0. The van der Waals surface area contributed by atoms with Gasteiger partial charge in [0.1, 0.15) is 0 Å². The summed E-state index contributed by atoms with van der Waals surface area (Å²) < 4.78 is 0. The molecule has 0 aromatic heterocycles. The van der Waals surface area contributed by atoms with E-state index in [2.05, 4.69) is 55.3 Å². The van der Waals surface area contributed by atoms with Crippen LogP contribution in [-0.2, 0) is 6.42 Å². The van der Waals surface area contributed by atoms with Crippen molar-refractivity contribution in [2.45, 2.75) is 46.1 Å². The van der Waals surface area contributed by atoms with Crippen LogP contribution in [0.5, 0.6) is 0 Å². The minimum absolute atomic E-state index is 0.360. The number of hydrogen-bond donors (Lipinski definition) is 2. The lowest BCUT2D eigenvalue weighted by atomic mass is 10.0. The molecule has 2 N–H and O–H groups in total. The number of aliphatic hydroxyl groups is 1. The Morgan fingerprint density at radius 1 is 1.05 bits per heavy atom. The summed E-state index contributed by atoms with van der Waals surface area (Å²) >= 11 is 0. The largest absolute Gasteiger partial charge is 0.388 e. The molecule has 1 atom stereocenters. The van der Waals surface area contributed by atoms with Gasteiger partial charge in [0.15, 0.2) is 0 Å². The standard InChI is InChI=1S/C18H32N2O/c1-4-7-16-8-10-17(11-9-16)18(21)12-13-19-14-15-20(5-2)6-3/h8-11,18-19,21H,4-7,12-15H2,1-3H3. The van der Waals surface area contributed by atoms with Crippen LogP contribution in [0, 0.1) is 0 Å². The molecule has 1 aromatic carbocycles. The van der Waals surface area contributed by atoms with Gasteiger partial charge < -0.3 is 15.3 Å². The predicted octanol–water partition coefficient (Wildman–Crippen LogP) is 2.99. The lowest BCUT2D eigenvalue weighted by molar-refractivity contribution is 0.166. The molecule has 1 aromatic rings. The second-order valence-corrected chi connectivity index (χ2v) is 5.57. The van der Waals surface area contributed by atoms with Crippen LogP contribution in [0.1, 0.15) is 50.8 Å². The smallest absolute Gasteiger partial charge is 0.0802 e. The Labute approximate surface area is 130 Å². The van der Waals surface area contributed by atoms with Crippen molar-refractivity contribution in [2.75, 3.05) is 32.7 Å². The number of likely N-dealkylation sites (N-methyl/N-ethyl adjacent to an activating group) is 1. The van der Waals surface area contributed by atoms with Gasteiger partial charge in [0, 0.05) is 13.1 Å². The van der Waals surface area contributed by atoms with E-state index in [4.69, 9.17) is 0 Å². The molecule has 0 fully saturated rings. The van der Waals surface area contributed by atoms with Crippen molar-refractivity contribution in [3.8, 4) is 0 Å². The van der Waals surface area contributed by atoms with Gasteiger partial charge in [-0.3, -0.25) is 0 Å². The Hall–Kier alpha value is -0.900. The van der Waals surface area contributed by atoms with E-state index in [-0.39, 0.29) is 6.10 Å². The molecule has 1 rings (SSSR count). The van der Waals surface area contributed by atoms with Crippen molar-refractivity contribution >= 4 is 0 Å². The van der Waals surface area contributed by atoms with E-state index in [1.54, 1.807) is 0 Å². The Kier molecular flexibility index (Phi) is 9.31.